The Balaban J connectivity index is 1.89. The summed E-state index contributed by atoms with van der Waals surface area (Å²) in [6.07, 6.45) is 0. The highest BCUT2D eigenvalue weighted by molar-refractivity contribution is 5.96. The van der Waals surface area contributed by atoms with Gasteiger partial charge in [0.15, 0.2) is 0 Å². The van der Waals surface area contributed by atoms with E-state index in [1.54, 1.807) is 19.1 Å². The van der Waals surface area contributed by atoms with Crippen LogP contribution in [0.15, 0.2) is 48.5 Å². The van der Waals surface area contributed by atoms with E-state index in [0.717, 1.165) is 16.9 Å². The van der Waals surface area contributed by atoms with Crippen molar-refractivity contribution in [2.24, 2.45) is 0 Å². The Labute approximate surface area is 165 Å². The van der Waals surface area contributed by atoms with Crippen molar-refractivity contribution < 1.29 is 9.53 Å². The topological polar surface area (TPSA) is 76.1 Å². The molecule has 0 saturated heterocycles. The van der Waals surface area contributed by atoms with Crippen molar-refractivity contribution in [3.63, 3.8) is 0 Å². The van der Waals surface area contributed by atoms with Gasteiger partial charge >= 0.3 is 5.97 Å². The van der Waals surface area contributed by atoms with E-state index in [1.807, 2.05) is 37.3 Å². The summed E-state index contributed by atoms with van der Waals surface area (Å²) in [5, 5.41) is 6.50. The fraction of sp³-hybridized carbons (Fsp3) is 0.227. The second kappa shape index (κ2) is 8.52. The lowest BCUT2D eigenvalue weighted by Gasteiger charge is -2.14. The Morgan fingerprint density at radius 2 is 1.71 bits per heavy atom. The number of hydrogen-bond donors (Lipinski definition) is 2. The van der Waals surface area contributed by atoms with E-state index in [4.69, 9.17) is 4.74 Å². The van der Waals surface area contributed by atoms with Gasteiger partial charge in [0.25, 0.3) is 0 Å². The largest absolute Gasteiger partial charge is 0.462 e. The molecule has 0 aliphatic heterocycles. The van der Waals surface area contributed by atoms with Crippen LogP contribution in [0.2, 0.25) is 0 Å². The zero-order chi connectivity index (χ0) is 20.1. The third kappa shape index (κ3) is 4.46. The number of nitrogens with one attached hydrogen (secondary N) is 2. The summed E-state index contributed by atoms with van der Waals surface area (Å²) < 4.78 is 5.13. The lowest BCUT2D eigenvalue weighted by atomic mass is 10.1. The summed E-state index contributed by atoms with van der Waals surface area (Å²) in [6, 6.07) is 15.1. The number of benzene rings is 2. The monoisotopic (exact) mass is 376 g/mol. The van der Waals surface area contributed by atoms with Gasteiger partial charge in [0.2, 0.25) is 5.95 Å². The Morgan fingerprint density at radius 1 is 0.964 bits per heavy atom. The van der Waals surface area contributed by atoms with Gasteiger partial charge in [0.05, 0.1) is 17.9 Å². The molecule has 6 nitrogen and oxygen atoms in total. The molecule has 0 aliphatic rings. The summed E-state index contributed by atoms with van der Waals surface area (Å²) >= 11 is 0. The van der Waals surface area contributed by atoms with Crippen LogP contribution >= 0.6 is 0 Å². The summed E-state index contributed by atoms with van der Waals surface area (Å²) in [6.45, 7) is 8.13. The molecule has 0 bridgehead atoms. The molecule has 0 atom stereocenters. The quantitative estimate of drug-likeness (QED) is 0.585. The number of ether oxygens (including phenoxy) is 1. The predicted molar refractivity (Wildman–Crippen MR) is 112 cm³/mol. The van der Waals surface area contributed by atoms with Crippen LogP contribution < -0.4 is 10.6 Å². The van der Waals surface area contributed by atoms with E-state index >= 15 is 0 Å². The zero-order valence-electron chi connectivity index (χ0n) is 16.5. The molecule has 28 heavy (non-hydrogen) atoms. The van der Waals surface area contributed by atoms with Gasteiger partial charge < -0.3 is 15.4 Å². The first kappa shape index (κ1) is 19.4. The number of nitrogens with zero attached hydrogens (tertiary/aromatic N) is 2. The van der Waals surface area contributed by atoms with Crippen molar-refractivity contribution in [2.75, 3.05) is 17.2 Å². The van der Waals surface area contributed by atoms with Gasteiger partial charge in [0.1, 0.15) is 5.82 Å². The summed E-state index contributed by atoms with van der Waals surface area (Å²) in [5.41, 5.74) is 5.21. The predicted octanol–water partition coefficient (Wildman–Crippen LogP) is 5.07. The SMILES string of the molecule is CCOC(=O)c1ccccc1Nc1cc(C)nc(Nc2cccc(C)c2C)n1. The maximum absolute atomic E-state index is 12.2. The van der Waals surface area contributed by atoms with E-state index in [2.05, 4.69) is 40.5 Å². The second-order valence-corrected chi connectivity index (χ2v) is 6.48. The molecule has 0 unspecified atom stereocenters. The van der Waals surface area contributed by atoms with Gasteiger partial charge in [-0.15, -0.1) is 0 Å². The highest BCUT2D eigenvalue weighted by Crippen LogP contribution is 2.24. The normalized spacial score (nSPS) is 10.4. The third-order valence-corrected chi connectivity index (χ3v) is 4.39. The molecule has 3 aromatic rings. The summed E-state index contributed by atoms with van der Waals surface area (Å²) in [5.74, 6) is 0.715. The zero-order valence-corrected chi connectivity index (χ0v) is 16.5. The number of aromatic nitrogens is 2. The van der Waals surface area contributed by atoms with E-state index < -0.39 is 0 Å². The van der Waals surface area contributed by atoms with Crippen LogP contribution in [0.4, 0.5) is 23.1 Å². The van der Waals surface area contributed by atoms with E-state index in [9.17, 15) is 4.79 Å². The van der Waals surface area contributed by atoms with Crippen LogP contribution in [0.1, 0.15) is 34.1 Å². The lowest BCUT2D eigenvalue weighted by molar-refractivity contribution is 0.0527. The Hall–Kier alpha value is -3.41. The molecule has 0 radical (unpaired) electrons. The number of esters is 1. The first-order valence-corrected chi connectivity index (χ1v) is 9.20. The number of aryl methyl sites for hydroxylation is 2. The molecule has 6 heteroatoms. The Kier molecular flexibility index (Phi) is 5.89. The summed E-state index contributed by atoms with van der Waals surface area (Å²) in [7, 11) is 0. The van der Waals surface area contributed by atoms with Gasteiger partial charge in [-0.2, -0.15) is 4.98 Å². The molecule has 144 valence electrons. The number of rotatable bonds is 6. The van der Waals surface area contributed by atoms with Crippen molar-refractivity contribution in [3.8, 4) is 0 Å². The average Bonchev–Trinajstić information content (AvgIpc) is 2.66. The minimum absolute atomic E-state index is 0.323. The van der Waals surface area contributed by atoms with Crippen molar-refractivity contribution in [1.82, 2.24) is 9.97 Å². The number of para-hydroxylation sites is 1. The number of carbonyl (C=O) groups excluding carboxylic acids is 1. The molecule has 2 N–H and O–H groups in total. The van der Waals surface area contributed by atoms with E-state index in [1.165, 1.54) is 5.56 Å². The molecule has 0 fully saturated rings. The van der Waals surface area contributed by atoms with Gasteiger partial charge in [0, 0.05) is 17.4 Å². The maximum atomic E-state index is 12.2. The molecule has 0 aliphatic carbocycles. The first-order chi connectivity index (χ1) is 13.5. The van der Waals surface area contributed by atoms with Gasteiger partial charge in [-0.25, -0.2) is 9.78 Å². The molecular formula is C22H24N4O2. The van der Waals surface area contributed by atoms with E-state index in [0.29, 0.717) is 29.6 Å². The average molecular weight is 376 g/mol. The molecule has 1 aromatic heterocycles. The van der Waals surface area contributed by atoms with Crippen LogP contribution in [0.25, 0.3) is 0 Å². The van der Waals surface area contributed by atoms with Crippen LogP contribution in [0, 0.1) is 20.8 Å². The lowest BCUT2D eigenvalue weighted by Crippen LogP contribution is -2.09. The Morgan fingerprint density at radius 3 is 2.50 bits per heavy atom. The number of anilines is 4. The minimum Gasteiger partial charge on any atom is -0.462 e. The van der Waals surface area contributed by atoms with Gasteiger partial charge in [-0.1, -0.05) is 24.3 Å². The minimum atomic E-state index is -0.370. The molecule has 2 aromatic carbocycles. The fourth-order valence-corrected chi connectivity index (χ4v) is 2.81. The smallest absolute Gasteiger partial charge is 0.340 e. The first-order valence-electron chi connectivity index (χ1n) is 9.20. The number of carbonyl (C=O) groups is 1. The van der Waals surface area contributed by atoms with E-state index in [-0.39, 0.29) is 5.97 Å². The van der Waals surface area contributed by atoms with Crippen LogP contribution in [-0.4, -0.2) is 22.5 Å². The van der Waals surface area contributed by atoms with Crippen LogP contribution in [-0.2, 0) is 4.74 Å². The van der Waals surface area contributed by atoms with Gasteiger partial charge in [-0.3, -0.25) is 0 Å². The highest BCUT2D eigenvalue weighted by atomic mass is 16.5. The molecule has 0 saturated carbocycles. The standard InChI is InChI=1S/C22H24N4O2/c1-5-28-21(27)17-10-6-7-11-19(17)24-20-13-15(3)23-22(26-20)25-18-12-8-9-14(2)16(18)4/h6-13H,5H2,1-4H3,(H2,23,24,25,26). The van der Waals surface area contributed by atoms with Gasteiger partial charge in [-0.05, 0) is 57.0 Å². The molecule has 0 spiro atoms. The number of hydrogen-bond acceptors (Lipinski definition) is 6. The van der Waals surface area contributed by atoms with Crippen LogP contribution in [0.3, 0.4) is 0 Å². The fourth-order valence-electron chi connectivity index (χ4n) is 2.81. The Bertz CT molecular complexity index is 1000. The molecule has 0 amide bonds. The highest BCUT2D eigenvalue weighted by Gasteiger charge is 2.13. The molecule has 1 heterocycles. The summed E-state index contributed by atoms with van der Waals surface area (Å²) in [4.78, 5) is 21.2. The van der Waals surface area contributed by atoms with Crippen molar-refractivity contribution in [3.05, 3.63) is 70.9 Å². The van der Waals surface area contributed by atoms with Crippen molar-refractivity contribution >= 4 is 29.1 Å². The molecular weight excluding hydrogens is 352 g/mol. The second-order valence-electron chi connectivity index (χ2n) is 6.48. The maximum Gasteiger partial charge on any atom is 0.340 e. The van der Waals surface area contributed by atoms with Crippen molar-refractivity contribution in [1.29, 1.82) is 0 Å². The van der Waals surface area contributed by atoms with Crippen molar-refractivity contribution in [2.45, 2.75) is 27.7 Å². The molecule has 3 rings (SSSR count). The van der Waals surface area contributed by atoms with Crippen LogP contribution in [0.5, 0.6) is 0 Å². The third-order valence-electron chi connectivity index (χ3n) is 4.39.